The van der Waals surface area contributed by atoms with Crippen molar-refractivity contribution in [3.05, 3.63) is 35.4 Å². The van der Waals surface area contributed by atoms with Crippen LogP contribution in [0.3, 0.4) is 0 Å². The van der Waals surface area contributed by atoms with Crippen molar-refractivity contribution in [3.8, 4) is 0 Å². The van der Waals surface area contributed by atoms with E-state index < -0.39 is 0 Å². The molecule has 0 fully saturated rings. The van der Waals surface area contributed by atoms with Gasteiger partial charge in [0, 0.05) is 17.5 Å². The molecule has 16 heavy (non-hydrogen) atoms. The van der Waals surface area contributed by atoms with Crippen LogP contribution in [0.1, 0.15) is 34.6 Å². The minimum absolute atomic E-state index is 0.0828. The number of aromatic amines is 2. The monoisotopic (exact) mass is 219 g/mol. The van der Waals surface area contributed by atoms with Crippen molar-refractivity contribution in [1.29, 1.82) is 0 Å². The van der Waals surface area contributed by atoms with Crippen LogP contribution in [-0.4, -0.2) is 26.3 Å². The summed E-state index contributed by atoms with van der Waals surface area (Å²) in [4.78, 5) is 11.8. The highest BCUT2D eigenvalue weighted by Gasteiger charge is 2.14. The zero-order chi connectivity index (χ0) is 11.5. The second-order valence-corrected chi connectivity index (χ2v) is 3.64. The molecule has 2 aromatic heterocycles. The van der Waals surface area contributed by atoms with Crippen LogP contribution in [0.4, 0.5) is 0 Å². The summed E-state index contributed by atoms with van der Waals surface area (Å²) in [5.74, 6) is -0.139. The first-order valence-corrected chi connectivity index (χ1v) is 4.98. The zero-order valence-corrected chi connectivity index (χ0v) is 9.11. The first kappa shape index (κ1) is 10.4. The highest BCUT2D eigenvalue weighted by molar-refractivity contribution is 5.95. The third-order valence-corrected chi connectivity index (χ3v) is 2.44. The van der Waals surface area contributed by atoms with Gasteiger partial charge >= 0.3 is 0 Å². The van der Waals surface area contributed by atoms with Gasteiger partial charge in [-0.3, -0.25) is 15.0 Å². The summed E-state index contributed by atoms with van der Waals surface area (Å²) in [6.07, 6.45) is 4.97. The molecular weight excluding hydrogens is 206 g/mol. The number of aryl methyl sites for hydroxylation is 1. The normalized spacial score (nSPS) is 12.4. The van der Waals surface area contributed by atoms with Gasteiger partial charge in [0.1, 0.15) is 0 Å². The molecule has 6 nitrogen and oxygen atoms in total. The highest BCUT2D eigenvalue weighted by Crippen LogP contribution is 2.11. The summed E-state index contributed by atoms with van der Waals surface area (Å²) < 4.78 is 0. The maximum Gasteiger partial charge on any atom is 0.255 e. The van der Waals surface area contributed by atoms with E-state index in [1.165, 1.54) is 6.20 Å². The van der Waals surface area contributed by atoms with Gasteiger partial charge in [0.2, 0.25) is 0 Å². The molecule has 2 heterocycles. The fraction of sp³-hybridized carbons (Fsp3) is 0.300. The summed E-state index contributed by atoms with van der Waals surface area (Å²) >= 11 is 0. The van der Waals surface area contributed by atoms with E-state index in [0.717, 1.165) is 11.3 Å². The van der Waals surface area contributed by atoms with Gasteiger partial charge in [0.25, 0.3) is 5.91 Å². The number of hydrogen-bond donors (Lipinski definition) is 3. The molecule has 6 heteroatoms. The van der Waals surface area contributed by atoms with Crippen molar-refractivity contribution in [2.24, 2.45) is 0 Å². The Hall–Kier alpha value is -2.11. The van der Waals surface area contributed by atoms with Crippen molar-refractivity contribution in [2.45, 2.75) is 19.9 Å². The molecule has 0 saturated carbocycles. The molecule has 3 N–H and O–H groups in total. The summed E-state index contributed by atoms with van der Waals surface area (Å²) in [7, 11) is 0. The largest absolute Gasteiger partial charge is 0.345 e. The summed E-state index contributed by atoms with van der Waals surface area (Å²) in [5, 5.41) is 15.9. The van der Waals surface area contributed by atoms with Crippen molar-refractivity contribution in [3.63, 3.8) is 0 Å². The molecule has 0 spiro atoms. The average Bonchev–Trinajstić information content (AvgIpc) is 2.86. The van der Waals surface area contributed by atoms with Gasteiger partial charge < -0.3 is 5.32 Å². The maximum absolute atomic E-state index is 11.8. The third kappa shape index (κ3) is 1.95. The molecule has 0 radical (unpaired) electrons. The topological polar surface area (TPSA) is 86.5 Å². The van der Waals surface area contributed by atoms with Gasteiger partial charge in [-0.2, -0.15) is 10.2 Å². The van der Waals surface area contributed by atoms with E-state index in [1.807, 2.05) is 13.8 Å². The summed E-state index contributed by atoms with van der Waals surface area (Å²) in [6.45, 7) is 3.71. The fourth-order valence-electron chi connectivity index (χ4n) is 1.44. The molecule has 0 aromatic carbocycles. The number of aromatic nitrogens is 4. The van der Waals surface area contributed by atoms with Crippen molar-refractivity contribution in [1.82, 2.24) is 25.7 Å². The van der Waals surface area contributed by atoms with Gasteiger partial charge in [-0.05, 0) is 13.8 Å². The molecule has 0 aliphatic carbocycles. The van der Waals surface area contributed by atoms with E-state index in [1.54, 1.807) is 12.4 Å². The smallest absolute Gasteiger partial charge is 0.255 e. The third-order valence-electron chi connectivity index (χ3n) is 2.44. The first-order chi connectivity index (χ1) is 7.68. The van der Waals surface area contributed by atoms with Crippen LogP contribution in [0.15, 0.2) is 18.6 Å². The predicted octanol–water partition coefficient (Wildman–Crippen LogP) is 0.932. The summed E-state index contributed by atoms with van der Waals surface area (Å²) in [6, 6.07) is -0.0828. The maximum atomic E-state index is 11.8. The summed E-state index contributed by atoms with van der Waals surface area (Å²) in [5.41, 5.74) is 2.27. The Labute approximate surface area is 92.5 Å². The Morgan fingerprint density at radius 3 is 2.81 bits per heavy atom. The lowest BCUT2D eigenvalue weighted by atomic mass is 10.1. The van der Waals surface area contributed by atoms with E-state index in [4.69, 9.17) is 0 Å². The van der Waals surface area contributed by atoms with Crippen LogP contribution in [-0.2, 0) is 0 Å². The van der Waals surface area contributed by atoms with Gasteiger partial charge in [0.15, 0.2) is 0 Å². The molecule has 0 saturated heterocycles. The van der Waals surface area contributed by atoms with Crippen LogP contribution in [0.2, 0.25) is 0 Å². The molecule has 84 valence electrons. The fourth-order valence-corrected chi connectivity index (χ4v) is 1.44. The van der Waals surface area contributed by atoms with Crippen LogP contribution in [0.5, 0.6) is 0 Å². The number of amides is 1. The van der Waals surface area contributed by atoms with Gasteiger partial charge in [-0.15, -0.1) is 0 Å². The lowest BCUT2D eigenvalue weighted by molar-refractivity contribution is 0.0939. The van der Waals surface area contributed by atoms with Gasteiger partial charge in [-0.25, -0.2) is 0 Å². The number of hydrogen-bond acceptors (Lipinski definition) is 3. The van der Waals surface area contributed by atoms with Gasteiger partial charge in [-0.1, -0.05) is 0 Å². The van der Waals surface area contributed by atoms with E-state index >= 15 is 0 Å². The highest BCUT2D eigenvalue weighted by atomic mass is 16.1. The Balaban J connectivity index is 2.06. The SMILES string of the molecule is Cc1[nH]ncc1C(=O)NC(C)c1cn[nH]c1. The second-order valence-electron chi connectivity index (χ2n) is 3.64. The molecule has 0 bridgehead atoms. The number of nitrogens with one attached hydrogen (secondary N) is 3. The lowest BCUT2D eigenvalue weighted by Gasteiger charge is -2.11. The molecule has 1 unspecified atom stereocenters. The molecular formula is C10H13N5O. The number of nitrogens with zero attached hydrogens (tertiary/aromatic N) is 2. The molecule has 2 aromatic rings. The molecule has 2 rings (SSSR count). The molecule has 1 amide bonds. The van der Waals surface area contributed by atoms with Crippen LogP contribution >= 0.6 is 0 Å². The number of rotatable bonds is 3. The quantitative estimate of drug-likeness (QED) is 0.717. The van der Waals surface area contributed by atoms with E-state index in [9.17, 15) is 4.79 Å². The average molecular weight is 219 g/mol. The van der Waals surface area contributed by atoms with E-state index in [-0.39, 0.29) is 11.9 Å². The minimum atomic E-state index is -0.139. The molecule has 1 atom stereocenters. The van der Waals surface area contributed by atoms with Crippen LogP contribution < -0.4 is 5.32 Å². The predicted molar refractivity (Wildman–Crippen MR) is 57.8 cm³/mol. The zero-order valence-electron chi connectivity index (χ0n) is 9.11. The number of H-pyrrole nitrogens is 2. The minimum Gasteiger partial charge on any atom is -0.345 e. The molecule has 0 aliphatic heterocycles. The number of carbonyl (C=O) groups is 1. The lowest BCUT2D eigenvalue weighted by Crippen LogP contribution is -2.26. The van der Waals surface area contributed by atoms with E-state index in [0.29, 0.717) is 5.56 Å². The Morgan fingerprint density at radius 1 is 1.44 bits per heavy atom. The van der Waals surface area contributed by atoms with Gasteiger partial charge in [0.05, 0.1) is 24.0 Å². The Kier molecular flexibility index (Phi) is 2.72. The van der Waals surface area contributed by atoms with Crippen molar-refractivity contribution < 1.29 is 4.79 Å². The van der Waals surface area contributed by atoms with Crippen molar-refractivity contribution >= 4 is 5.91 Å². The van der Waals surface area contributed by atoms with Crippen LogP contribution in [0.25, 0.3) is 0 Å². The number of carbonyl (C=O) groups excluding carboxylic acids is 1. The first-order valence-electron chi connectivity index (χ1n) is 4.98. The van der Waals surface area contributed by atoms with Crippen LogP contribution in [0, 0.1) is 6.92 Å². The molecule has 0 aliphatic rings. The Morgan fingerprint density at radius 2 is 2.25 bits per heavy atom. The van der Waals surface area contributed by atoms with E-state index in [2.05, 4.69) is 25.7 Å². The second kappa shape index (κ2) is 4.18. The Bertz CT molecular complexity index is 473. The standard InChI is InChI=1S/C10H13N5O/c1-6(8-3-11-12-4-8)14-10(16)9-5-13-15-7(9)2/h3-6H,1-2H3,(H,11,12)(H,13,15)(H,14,16). The van der Waals surface area contributed by atoms with Crippen molar-refractivity contribution in [2.75, 3.05) is 0 Å².